The number of hydrogen-bond donors (Lipinski definition) is 2. The number of nitrogens with one attached hydrogen (secondary N) is 2. The number of amides is 1. The number of hydrogen-bond acceptors (Lipinski definition) is 2. The van der Waals surface area contributed by atoms with Gasteiger partial charge in [0, 0.05) is 19.2 Å². The second-order valence-corrected chi connectivity index (χ2v) is 3.66. The molecule has 1 amide bonds. The third-order valence-electron chi connectivity index (χ3n) is 2.14. The Morgan fingerprint density at radius 1 is 1.44 bits per heavy atom. The molecule has 0 spiro atoms. The van der Waals surface area contributed by atoms with Gasteiger partial charge in [0.15, 0.2) is 0 Å². The van der Waals surface area contributed by atoms with Crippen LogP contribution in [0.25, 0.3) is 0 Å². The molecule has 0 radical (unpaired) electrons. The maximum atomic E-state index is 13.3. The van der Waals surface area contributed by atoms with Gasteiger partial charge in [-0.1, -0.05) is 13.3 Å². The monoisotopic (exact) mass is 224 g/mol. The van der Waals surface area contributed by atoms with E-state index in [1.165, 1.54) is 13.0 Å². The topological polar surface area (TPSA) is 41.1 Å². The van der Waals surface area contributed by atoms with Crippen molar-refractivity contribution in [2.24, 2.45) is 0 Å². The summed E-state index contributed by atoms with van der Waals surface area (Å²) in [5.41, 5.74) is 1.03. The Labute approximate surface area is 95.0 Å². The van der Waals surface area contributed by atoms with Crippen LogP contribution in [0.3, 0.4) is 0 Å². The SMILES string of the molecule is CCCCNc1ccc(F)c(NC(C)=O)c1. The molecule has 0 atom stereocenters. The Morgan fingerprint density at radius 2 is 2.19 bits per heavy atom. The highest BCUT2D eigenvalue weighted by atomic mass is 19.1. The molecular weight excluding hydrogens is 207 g/mol. The van der Waals surface area contributed by atoms with E-state index >= 15 is 0 Å². The summed E-state index contributed by atoms with van der Waals surface area (Å²) in [5.74, 6) is -0.694. The number of rotatable bonds is 5. The lowest BCUT2D eigenvalue weighted by Crippen LogP contribution is -2.08. The summed E-state index contributed by atoms with van der Waals surface area (Å²) in [4.78, 5) is 10.8. The molecule has 1 aromatic rings. The lowest BCUT2D eigenvalue weighted by atomic mass is 10.2. The summed E-state index contributed by atoms with van der Waals surface area (Å²) < 4.78 is 13.3. The predicted octanol–water partition coefficient (Wildman–Crippen LogP) is 3.00. The van der Waals surface area contributed by atoms with Gasteiger partial charge in [0.2, 0.25) is 5.91 Å². The minimum Gasteiger partial charge on any atom is -0.385 e. The van der Waals surface area contributed by atoms with Crippen LogP contribution in [0.2, 0.25) is 0 Å². The molecule has 0 aliphatic carbocycles. The second kappa shape index (κ2) is 6.10. The van der Waals surface area contributed by atoms with Crippen molar-refractivity contribution in [2.75, 3.05) is 17.2 Å². The molecule has 4 heteroatoms. The van der Waals surface area contributed by atoms with Crippen molar-refractivity contribution in [3.63, 3.8) is 0 Å². The normalized spacial score (nSPS) is 9.94. The summed E-state index contributed by atoms with van der Waals surface area (Å²) in [5, 5.41) is 5.62. The highest BCUT2D eigenvalue weighted by Crippen LogP contribution is 2.19. The predicted molar refractivity (Wildman–Crippen MR) is 64.1 cm³/mol. The van der Waals surface area contributed by atoms with Gasteiger partial charge in [-0.3, -0.25) is 4.79 Å². The molecule has 3 nitrogen and oxygen atoms in total. The molecular formula is C12H17FN2O. The van der Waals surface area contributed by atoms with Gasteiger partial charge < -0.3 is 10.6 Å². The van der Waals surface area contributed by atoms with Crippen LogP contribution in [-0.2, 0) is 4.79 Å². The van der Waals surface area contributed by atoms with Crippen LogP contribution in [0, 0.1) is 5.82 Å². The summed E-state index contributed by atoms with van der Waals surface area (Å²) in [6.07, 6.45) is 2.17. The number of unbranched alkanes of at least 4 members (excludes halogenated alkanes) is 1. The van der Waals surface area contributed by atoms with Crippen molar-refractivity contribution >= 4 is 17.3 Å². The average molecular weight is 224 g/mol. The highest BCUT2D eigenvalue weighted by molar-refractivity contribution is 5.89. The van der Waals surface area contributed by atoms with E-state index in [2.05, 4.69) is 17.6 Å². The molecule has 1 rings (SSSR count). The van der Waals surface area contributed by atoms with Gasteiger partial charge in [-0.05, 0) is 24.6 Å². The van der Waals surface area contributed by atoms with Crippen molar-refractivity contribution in [2.45, 2.75) is 26.7 Å². The van der Waals surface area contributed by atoms with Crippen LogP contribution in [0.15, 0.2) is 18.2 Å². The zero-order valence-corrected chi connectivity index (χ0v) is 9.64. The molecule has 0 unspecified atom stereocenters. The Morgan fingerprint density at radius 3 is 2.81 bits per heavy atom. The largest absolute Gasteiger partial charge is 0.385 e. The minimum atomic E-state index is -0.420. The molecule has 2 N–H and O–H groups in total. The Bertz CT molecular complexity index is 366. The number of carbonyl (C=O) groups excluding carboxylic acids is 1. The Balaban J connectivity index is 2.69. The molecule has 0 saturated carbocycles. The van der Waals surface area contributed by atoms with Gasteiger partial charge in [0.05, 0.1) is 5.69 Å². The van der Waals surface area contributed by atoms with Crippen molar-refractivity contribution in [1.29, 1.82) is 0 Å². The lowest BCUT2D eigenvalue weighted by molar-refractivity contribution is -0.114. The van der Waals surface area contributed by atoms with E-state index in [1.54, 1.807) is 12.1 Å². The van der Waals surface area contributed by atoms with E-state index in [0.29, 0.717) is 0 Å². The van der Waals surface area contributed by atoms with Crippen LogP contribution in [0.1, 0.15) is 26.7 Å². The van der Waals surface area contributed by atoms with E-state index in [0.717, 1.165) is 25.1 Å². The molecule has 0 aliphatic rings. The lowest BCUT2D eigenvalue weighted by Gasteiger charge is -2.09. The highest BCUT2D eigenvalue weighted by Gasteiger charge is 2.04. The van der Waals surface area contributed by atoms with Gasteiger partial charge in [-0.2, -0.15) is 0 Å². The van der Waals surface area contributed by atoms with Crippen molar-refractivity contribution in [3.8, 4) is 0 Å². The molecule has 0 aliphatic heterocycles. The molecule has 88 valence electrons. The number of carbonyl (C=O) groups is 1. The van der Waals surface area contributed by atoms with Crippen LogP contribution >= 0.6 is 0 Å². The van der Waals surface area contributed by atoms with Crippen LogP contribution in [-0.4, -0.2) is 12.5 Å². The second-order valence-electron chi connectivity index (χ2n) is 3.66. The van der Waals surface area contributed by atoms with Crippen molar-refractivity contribution in [1.82, 2.24) is 0 Å². The Kier molecular flexibility index (Phi) is 4.76. The van der Waals surface area contributed by atoms with Gasteiger partial charge >= 0.3 is 0 Å². The summed E-state index contributed by atoms with van der Waals surface area (Å²) in [6, 6.07) is 4.61. The van der Waals surface area contributed by atoms with Crippen LogP contribution < -0.4 is 10.6 Å². The van der Waals surface area contributed by atoms with E-state index in [9.17, 15) is 9.18 Å². The van der Waals surface area contributed by atoms with Gasteiger partial charge in [0.25, 0.3) is 0 Å². The zero-order chi connectivity index (χ0) is 12.0. The molecule has 0 bridgehead atoms. The summed E-state index contributed by atoms with van der Waals surface area (Å²) in [7, 11) is 0. The maximum absolute atomic E-state index is 13.3. The van der Waals surface area contributed by atoms with Gasteiger partial charge in [0.1, 0.15) is 5.82 Å². The Hall–Kier alpha value is -1.58. The molecule has 0 fully saturated rings. The van der Waals surface area contributed by atoms with Gasteiger partial charge in [-0.25, -0.2) is 4.39 Å². The standard InChI is InChI=1S/C12H17FN2O/c1-3-4-7-14-10-5-6-11(13)12(8-10)15-9(2)16/h5-6,8,14H,3-4,7H2,1-2H3,(H,15,16). The van der Waals surface area contributed by atoms with Crippen molar-refractivity contribution < 1.29 is 9.18 Å². The first-order valence-electron chi connectivity index (χ1n) is 5.44. The summed E-state index contributed by atoms with van der Waals surface area (Å²) >= 11 is 0. The zero-order valence-electron chi connectivity index (χ0n) is 9.64. The van der Waals surface area contributed by atoms with E-state index in [-0.39, 0.29) is 11.6 Å². The minimum absolute atomic E-state index is 0.217. The first-order valence-corrected chi connectivity index (χ1v) is 5.44. The number of halogens is 1. The number of benzene rings is 1. The fourth-order valence-corrected chi connectivity index (χ4v) is 1.33. The van der Waals surface area contributed by atoms with E-state index < -0.39 is 5.82 Å². The van der Waals surface area contributed by atoms with Crippen LogP contribution in [0.4, 0.5) is 15.8 Å². The average Bonchev–Trinajstić information content (AvgIpc) is 2.22. The first kappa shape index (κ1) is 12.5. The maximum Gasteiger partial charge on any atom is 0.221 e. The molecule has 16 heavy (non-hydrogen) atoms. The molecule has 0 aromatic heterocycles. The molecule has 0 saturated heterocycles. The summed E-state index contributed by atoms with van der Waals surface area (Å²) in [6.45, 7) is 4.31. The quantitative estimate of drug-likeness (QED) is 0.755. The van der Waals surface area contributed by atoms with Gasteiger partial charge in [-0.15, -0.1) is 0 Å². The smallest absolute Gasteiger partial charge is 0.221 e. The van der Waals surface area contributed by atoms with E-state index in [1.807, 2.05) is 0 Å². The van der Waals surface area contributed by atoms with E-state index in [4.69, 9.17) is 0 Å². The first-order chi connectivity index (χ1) is 7.63. The third-order valence-corrected chi connectivity index (χ3v) is 2.14. The molecule has 0 heterocycles. The number of anilines is 2. The molecule has 1 aromatic carbocycles. The van der Waals surface area contributed by atoms with Crippen LogP contribution in [0.5, 0.6) is 0 Å². The third kappa shape index (κ3) is 3.88. The fourth-order valence-electron chi connectivity index (χ4n) is 1.33. The van der Waals surface area contributed by atoms with Crippen molar-refractivity contribution in [3.05, 3.63) is 24.0 Å². The fraction of sp³-hybridized carbons (Fsp3) is 0.417.